The van der Waals surface area contributed by atoms with Gasteiger partial charge in [0.15, 0.2) is 0 Å². The van der Waals surface area contributed by atoms with Crippen LogP contribution in [0.15, 0.2) is 30.3 Å². The number of rotatable bonds is 8. The van der Waals surface area contributed by atoms with Gasteiger partial charge in [-0.2, -0.15) is 0 Å². The zero-order valence-electron chi connectivity index (χ0n) is 9.02. The van der Waals surface area contributed by atoms with Crippen molar-refractivity contribution >= 4 is 0 Å². The molecule has 3 nitrogen and oxygen atoms in total. The van der Waals surface area contributed by atoms with Gasteiger partial charge in [0.1, 0.15) is 0 Å². The largest absolute Gasteiger partial charge is 0.380 e. The maximum atomic E-state index is 5.49. The highest BCUT2D eigenvalue weighted by atomic mass is 16.5. The highest BCUT2D eigenvalue weighted by molar-refractivity contribution is 5.13. The van der Waals surface area contributed by atoms with Gasteiger partial charge in [-0.05, 0) is 12.0 Å². The van der Waals surface area contributed by atoms with Gasteiger partial charge < -0.3 is 15.2 Å². The van der Waals surface area contributed by atoms with Gasteiger partial charge in [-0.15, -0.1) is 0 Å². The minimum atomic E-state index is 0.588. The molecule has 0 aliphatic heterocycles. The third-order valence-corrected chi connectivity index (χ3v) is 1.95. The van der Waals surface area contributed by atoms with Crippen molar-refractivity contribution in [2.24, 2.45) is 5.73 Å². The maximum absolute atomic E-state index is 5.49. The first-order valence-corrected chi connectivity index (χ1v) is 5.33. The lowest BCUT2D eigenvalue weighted by molar-refractivity contribution is 0.0783. The summed E-state index contributed by atoms with van der Waals surface area (Å²) in [6.07, 6.45) is 0.923. The summed E-state index contributed by atoms with van der Waals surface area (Å²) < 4.78 is 10.7. The van der Waals surface area contributed by atoms with E-state index in [4.69, 9.17) is 15.2 Å². The Morgan fingerprint density at radius 1 is 0.933 bits per heavy atom. The van der Waals surface area contributed by atoms with Crippen LogP contribution in [0.4, 0.5) is 0 Å². The van der Waals surface area contributed by atoms with Crippen LogP contribution in [0, 0.1) is 0 Å². The van der Waals surface area contributed by atoms with Gasteiger partial charge >= 0.3 is 0 Å². The van der Waals surface area contributed by atoms with Crippen molar-refractivity contribution in [3.8, 4) is 0 Å². The van der Waals surface area contributed by atoms with Crippen LogP contribution in [-0.4, -0.2) is 26.4 Å². The van der Waals surface area contributed by atoms with Crippen LogP contribution in [0.5, 0.6) is 0 Å². The summed E-state index contributed by atoms with van der Waals surface area (Å²) in [5.41, 5.74) is 6.50. The van der Waals surface area contributed by atoms with Crippen molar-refractivity contribution in [3.05, 3.63) is 35.9 Å². The molecular weight excluding hydrogens is 190 g/mol. The Morgan fingerprint density at radius 3 is 2.40 bits per heavy atom. The predicted octanol–water partition coefficient (Wildman–Crippen LogP) is 1.57. The molecule has 0 heterocycles. The van der Waals surface area contributed by atoms with Crippen molar-refractivity contribution in [2.75, 3.05) is 26.4 Å². The van der Waals surface area contributed by atoms with Gasteiger partial charge in [-0.3, -0.25) is 0 Å². The maximum Gasteiger partial charge on any atom is 0.0716 e. The summed E-state index contributed by atoms with van der Waals surface area (Å²) in [6, 6.07) is 10.2. The fourth-order valence-electron chi connectivity index (χ4n) is 1.21. The first-order chi connectivity index (χ1) is 7.43. The van der Waals surface area contributed by atoms with Crippen LogP contribution in [0.1, 0.15) is 12.0 Å². The first kappa shape index (κ1) is 12.2. The van der Waals surface area contributed by atoms with Crippen LogP contribution >= 0.6 is 0 Å². The standard InChI is InChI=1S/C12H19NO2/c13-7-10-14-8-4-9-15-11-12-5-2-1-3-6-12/h1-3,5-6H,4,7-11,13H2. The van der Waals surface area contributed by atoms with Gasteiger partial charge in [0.05, 0.1) is 13.2 Å². The Balaban J connectivity index is 1.93. The Bertz CT molecular complexity index is 239. The summed E-state index contributed by atoms with van der Waals surface area (Å²) in [5.74, 6) is 0. The topological polar surface area (TPSA) is 44.5 Å². The van der Waals surface area contributed by atoms with Gasteiger partial charge in [0.2, 0.25) is 0 Å². The Morgan fingerprint density at radius 2 is 1.67 bits per heavy atom. The second-order valence-corrected chi connectivity index (χ2v) is 3.29. The minimum Gasteiger partial charge on any atom is -0.380 e. The molecule has 0 unspecified atom stereocenters. The van der Waals surface area contributed by atoms with Crippen LogP contribution < -0.4 is 5.73 Å². The molecule has 0 radical (unpaired) electrons. The molecule has 0 aliphatic carbocycles. The monoisotopic (exact) mass is 209 g/mol. The molecule has 0 saturated heterocycles. The lowest BCUT2D eigenvalue weighted by Crippen LogP contribution is -2.10. The molecule has 3 heteroatoms. The summed E-state index contributed by atoms with van der Waals surface area (Å²) in [7, 11) is 0. The normalized spacial score (nSPS) is 10.5. The lowest BCUT2D eigenvalue weighted by atomic mass is 10.2. The lowest BCUT2D eigenvalue weighted by Gasteiger charge is -2.04. The minimum absolute atomic E-state index is 0.588. The summed E-state index contributed by atoms with van der Waals surface area (Å²) >= 11 is 0. The number of nitrogens with two attached hydrogens (primary N) is 1. The van der Waals surface area contributed by atoms with E-state index in [0.29, 0.717) is 19.8 Å². The second kappa shape index (κ2) is 8.41. The molecule has 1 aromatic carbocycles. The Hall–Kier alpha value is -0.900. The SMILES string of the molecule is NCCOCCCOCc1ccccc1. The average Bonchev–Trinajstić information content (AvgIpc) is 2.29. The van der Waals surface area contributed by atoms with E-state index in [1.807, 2.05) is 18.2 Å². The quantitative estimate of drug-likeness (QED) is 0.661. The van der Waals surface area contributed by atoms with Gasteiger partial charge in [-0.1, -0.05) is 30.3 Å². The molecule has 0 fully saturated rings. The van der Waals surface area contributed by atoms with Crippen LogP contribution in [0.3, 0.4) is 0 Å². The third kappa shape index (κ3) is 6.23. The second-order valence-electron chi connectivity index (χ2n) is 3.29. The molecule has 0 spiro atoms. The molecule has 84 valence electrons. The smallest absolute Gasteiger partial charge is 0.0716 e. The number of ether oxygens (including phenoxy) is 2. The fourth-order valence-corrected chi connectivity index (χ4v) is 1.21. The predicted molar refractivity (Wildman–Crippen MR) is 60.6 cm³/mol. The van der Waals surface area contributed by atoms with Gasteiger partial charge in [0.25, 0.3) is 0 Å². The number of hydrogen-bond acceptors (Lipinski definition) is 3. The van der Waals surface area contributed by atoms with E-state index in [9.17, 15) is 0 Å². The van der Waals surface area contributed by atoms with E-state index in [2.05, 4.69) is 12.1 Å². The van der Waals surface area contributed by atoms with Crippen molar-refractivity contribution in [3.63, 3.8) is 0 Å². The molecule has 1 rings (SSSR count). The van der Waals surface area contributed by atoms with Gasteiger partial charge in [-0.25, -0.2) is 0 Å². The summed E-state index contributed by atoms with van der Waals surface area (Å²) in [5, 5.41) is 0. The molecular formula is C12H19NO2. The fraction of sp³-hybridized carbons (Fsp3) is 0.500. The summed E-state index contributed by atoms with van der Waals surface area (Å²) in [4.78, 5) is 0. The Kier molecular flexibility index (Phi) is 6.83. The van der Waals surface area contributed by atoms with E-state index in [1.54, 1.807) is 0 Å². The molecule has 0 bridgehead atoms. The highest BCUT2D eigenvalue weighted by Crippen LogP contribution is 2.00. The van der Waals surface area contributed by atoms with E-state index in [-0.39, 0.29) is 0 Å². The molecule has 0 aromatic heterocycles. The van der Waals surface area contributed by atoms with Crippen LogP contribution in [0.25, 0.3) is 0 Å². The molecule has 15 heavy (non-hydrogen) atoms. The van der Waals surface area contributed by atoms with Crippen LogP contribution in [0.2, 0.25) is 0 Å². The van der Waals surface area contributed by atoms with E-state index >= 15 is 0 Å². The van der Waals surface area contributed by atoms with E-state index in [1.165, 1.54) is 5.56 Å². The molecule has 0 amide bonds. The van der Waals surface area contributed by atoms with Crippen molar-refractivity contribution in [2.45, 2.75) is 13.0 Å². The van der Waals surface area contributed by atoms with Gasteiger partial charge in [0, 0.05) is 19.8 Å². The highest BCUT2D eigenvalue weighted by Gasteiger charge is 1.92. The molecule has 1 aromatic rings. The number of hydrogen-bond donors (Lipinski definition) is 1. The number of benzene rings is 1. The molecule has 0 atom stereocenters. The molecule has 0 saturated carbocycles. The van der Waals surface area contributed by atoms with Crippen LogP contribution in [-0.2, 0) is 16.1 Å². The Labute approximate surface area is 91.2 Å². The van der Waals surface area contributed by atoms with E-state index in [0.717, 1.165) is 19.6 Å². The first-order valence-electron chi connectivity index (χ1n) is 5.33. The van der Waals surface area contributed by atoms with Crippen molar-refractivity contribution < 1.29 is 9.47 Å². The summed E-state index contributed by atoms with van der Waals surface area (Å²) in [6.45, 7) is 3.37. The average molecular weight is 209 g/mol. The van der Waals surface area contributed by atoms with Crippen molar-refractivity contribution in [1.82, 2.24) is 0 Å². The molecule has 2 N–H and O–H groups in total. The zero-order chi connectivity index (χ0) is 10.8. The van der Waals surface area contributed by atoms with Crippen molar-refractivity contribution in [1.29, 1.82) is 0 Å². The third-order valence-electron chi connectivity index (χ3n) is 1.95. The van der Waals surface area contributed by atoms with E-state index < -0.39 is 0 Å². The molecule has 0 aliphatic rings. The zero-order valence-corrected chi connectivity index (χ0v) is 9.02.